The van der Waals surface area contributed by atoms with Gasteiger partial charge in [-0.2, -0.15) is 0 Å². The highest BCUT2D eigenvalue weighted by Crippen LogP contribution is 2.25. The maximum absolute atomic E-state index is 12.1. The Bertz CT molecular complexity index is 796. The van der Waals surface area contributed by atoms with Crippen molar-refractivity contribution in [2.75, 3.05) is 11.9 Å². The smallest absolute Gasteiger partial charge is 0.337 e. The number of ether oxygens (including phenoxy) is 1. The van der Waals surface area contributed by atoms with Crippen molar-refractivity contribution in [3.05, 3.63) is 58.6 Å². The molecule has 25 heavy (non-hydrogen) atoms. The average Bonchev–Trinajstić information content (AvgIpc) is 2.54. The number of carbonyl (C=O) groups is 2. The van der Waals surface area contributed by atoms with Crippen LogP contribution in [0.2, 0.25) is 5.02 Å². The molecule has 0 atom stereocenters. The highest BCUT2D eigenvalue weighted by atomic mass is 35.5. The Morgan fingerprint density at radius 2 is 1.88 bits per heavy atom. The summed E-state index contributed by atoms with van der Waals surface area (Å²) in [4.78, 5) is 23.3. The van der Waals surface area contributed by atoms with E-state index < -0.39 is 11.9 Å². The van der Waals surface area contributed by atoms with Gasteiger partial charge in [-0.25, -0.2) is 4.79 Å². The highest BCUT2D eigenvalue weighted by molar-refractivity contribution is 6.31. The van der Waals surface area contributed by atoms with Gasteiger partial charge >= 0.3 is 5.97 Å². The molecular weight excluding hydrogens is 342 g/mol. The van der Waals surface area contributed by atoms with E-state index in [9.17, 15) is 14.7 Å². The first-order valence-electron chi connectivity index (χ1n) is 7.73. The zero-order chi connectivity index (χ0) is 18.6. The molecule has 0 aliphatic heterocycles. The fourth-order valence-corrected chi connectivity index (χ4v) is 2.36. The number of hydrogen-bond donors (Lipinski definition) is 2. The van der Waals surface area contributed by atoms with Crippen molar-refractivity contribution in [1.29, 1.82) is 0 Å². The molecule has 0 unspecified atom stereocenters. The van der Waals surface area contributed by atoms with Crippen LogP contribution < -0.4 is 10.1 Å². The van der Waals surface area contributed by atoms with Gasteiger partial charge in [-0.3, -0.25) is 4.79 Å². The molecule has 2 aromatic carbocycles. The van der Waals surface area contributed by atoms with Crippen molar-refractivity contribution in [1.82, 2.24) is 0 Å². The number of amides is 1. The van der Waals surface area contributed by atoms with Gasteiger partial charge in [-0.15, -0.1) is 0 Å². The van der Waals surface area contributed by atoms with E-state index in [0.29, 0.717) is 5.75 Å². The van der Waals surface area contributed by atoms with Crippen molar-refractivity contribution >= 4 is 29.2 Å². The second kappa shape index (κ2) is 7.57. The molecule has 0 saturated heterocycles. The minimum atomic E-state index is -1.17. The Balaban J connectivity index is 2.04. The lowest BCUT2D eigenvalue weighted by molar-refractivity contribution is -0.118. The normalized spacial score (nSPS) is 11.0. The molecule has 132 valence electrons. The number of carboxylic acid groups (broad SMARTS) is 1. The third kappa shape index (κ3) is 5.22. The molecule has 6 heteroatoms. The van der Waals surface area contributed by atoms with Crippen molar-refractivity contribution in [3.63, 3.8) is 0 Å². The lowest BCUT2D eigenvalue weighted by atomic mass is 9.87. The van der Waals surface area contributed by atoms with Gasteiger partial charge in [-0.05, 0) is 41.3 Å². The molecule has 5 nitrogen and oxygen atoms in total. The number of benzene rings is 2. The van der Waals surface area contributed by atoms with Gasteiger partial charge in [0, 0.05) is 5.02 Å². The third-order valence-corrected chi connectivity index (χ3v) is 3.79. The zero-order valence-corrected chi connectivity index (χ0v) is 15.1. The number of rotatable bonds is 5. The summed E-state index contributed by atoms with van der Waals surface area (Å²) in [6.45, 7) is 6.04. The van der Waals surface area contributed by atoms with Crippen LogP contribution in [0.5, 0.6) is 5.75 Å². The number of anilines is 1. The second-order valence-electron chi connectivity index (χ2n) is 6.61. The lowest BCUT2D eigenvalue weighted by Gasteiger charge is -2.19. The van der Waals surface area contributed by atoms with Crippen LogP contribution in [0.1, 0.15) is 36.7 Å². The fraction of sp³-hybridized carbons (Fsp3) is 0.263. The fourth-order valence-electron chi connectivity index (χ4n) is 2.19. The standard InChI is InChI=1S/C19H20ClNO4/c1-19(2,3)12-5-4-6-14(9-12)25-11-17(22)21-16-8-7-13(20)10-15(16)18(23)24/h4-10H,11H2,1-3H3,(H,21,22)(H,23,24). The lowest BCUT2D eigenvalue weighted by Crippen LogP contribution is -2.21. The first kappa shape index (κ1) is 18.8. The predicted octanol–water partition coefficient (Wildman–Crippen LogP) is 4.35. The van der Waals surface area contributed by atoms with Gasteiger partial charge < -0.3 is 15.2 Å². The minimum absolute atomic E-state index is 0.0265. The molecular formula is C19H20ClNO4. The van der Waals surface area contributed by atoms with E-state index in [2.05, 4.69) is 26.1 Å². The molecule has 1 amide bonds. The van der Waals surface area contributed by atoms with Crippen LogP contribution >= 0.6 is 11.6 Å². The number of hydrogen-bond acceptors (Lipinski definition) is 3. The van der Waals surface area contributed by atoms with E-state index in [1.165, 1.54) is 18.2 Å². The molecule has 0 spiro atoms. The number of carbonyl (C=O) groups excluding carboxylic acids is 1. The molecule has 0 saturated carbocycles. The maximum Gasteiger partial charge on any atom is 0.337 e. The quantitative estimate of drug-likeness (QED) is 0.829. The van der Waals surface area contributed by atoms with Gasteiger partial charge in [0.05, 0.1) is 11.3 Å². The topological polar surface area (TPSA) is 75.6 Å². The van der Waals surface area contributed by atoms with Crippen molar-refractivity contribution in [3.8, 4) is 5.75 Å². The Hall–Kier alpha value is -2.53. The summed E-state index contributed by atoms with van der Waals surface area (Å²) in [5, 5.41) is 12.0. The first-order valence-corrected chi connectivity index (χ1v) is 8.10. The van der Waals surface area contributed by atoms with Crippen LogP contribution in [0.4, 0.5) is 5.69 Å². The number of halogens is 1. The van der Waals surface area contributed by atoms with Crippen molar-refractivity contribution in [2.24, 2.45) is 0 Å². The summed E-state index contributed by atoms with van der Waals surface area (Å²) in [5.41, 5.74) is 1.17. The summed E-state index contributed by atoms with van der Waals surface area (Å²) < 4.78 is 5.51. The molecule has 0 heterocycles. The monoisotopic (exact) mass is 361 g/mol. The molecule has 0 aliphatic carbocycles. The third-order valence-electron chi connectivity index (χ3n) is 3.56. The Kier molecular flexibility index (Phi) is 5.69. The van der Waals surface area contributed by atoms with Gasteiger partial charge in [0.15, 0.2) is 6.61 Å². The van der Waals surface area contributed by atoms with Crippen LogP contribution in [0, 0.1) is 0 Å². The van der Waals surface area contributed by atoms with Crippen LogP contribution in [-0.4, -0.2) is 23.6 Å². The summed E-state index contributed by atoms with van der Waals surface area (Å²) in [6, 6.07) is 11.8. The Morgan fingerprint density at radius 3 is 2.52 bits per heavy atom. The number of nitrogens with one attached hydrogen (secondary N) is 1. The highest BCUT2D eigenvalue weighted by Gasteiger charge is 2.15. The molecule has 0 fully saturated rings. The van der Waals surface area contributed by atoms with Crippen molar-refractivity contribution < 1.29 is 19.4 Å². The molecule has 0 aromatic heterocycles. The molecule has 2 aromatic rings. The maximum atomic E-state index is 12.1. The summed E-state index contributed by atoms with van der Waals surface area (Å²) in [6.07, 6.45) is 0. The van der Waals surface area contributed by atoms with E-state index in [4.69, 9.17) is 16.3 Å². The second-order valence-corrected chi connectivity index (χ2v) is 7.05. The van der Waals surface area contributed by atoms with Crippen LogP contribution in [0.3, 0.4) is 0 Å². The first-order chi connectivity index (χ1) is 11.7. The van der Waals surface area contributed by atoms with Gasteiger partial charge in [0.25, 0.3) is 5.91 Å². The summed E-state index contributed by atoms with van der Waals surface area (Å²) in [5.74, 6) is -1.04. The number of carboxylic acids is 1. The molecule has 2 rings (SSSR count). The van der Waals surface area contributed by atoms with Gasteiger partial charge in [0.1, 0.15) is 5.75 Å². The van der Waals surface area contributed by atoms with E-state index in [-0.39, 0.29) is 28.3 Å². The van der Waals surface area contributed by atoms with Gasteiger partial charge in [0.2, 0.25) is 0 Å². The SMILES string of the molecule is CC(C)(C)c1cccc(OCC(=O)Nc2ccc(Cl)cc2C(=O)O)c1. The number of aromatic carboxylic acids is 1. The molecule has 0 aliphatic rings. The van der Waals surface area contributed by atoms with Crippen molar-refractivity contribution in [2.45, 2.75) is 26.2 Å². The zero-order valence-electron chi connectivity index (χ0n) is 14.3. The summed E-state index contributed by atoms with van der Waals surface area (Å²) >= 11 is 5.79. The predicted molar refractivity (Wildman–Crippen MR) is 97.7 cm³/mol. The van der Waals surface area contributed by atoms with E-state index in [0.717, 1.165) is 5.56 Å². The van der Waals surface area contributed by atoms with Crippen LogP contribution in [0.15, 0.2) is 42.5 Å². The molecule has 0 radical (unpaired) electrons. The van der Waals surface area contributed by atoms with E-state index in [1.807, 2.05) is 18.2 Å². The average molecular weight is 362 g/mol. The summed E-state index contributed by atoms with van der Waals surface area (Å²) in [7, 11) is 0. The van der Waals surface area contributed by atoms with Gasteiger partial charge in [-0.1, -0.05) is 44.5 Å². The minimum Gasteiger partial charge on any atom is -0.484 e. The van der Waals surface area contributed by atoms with E-state index in [1.54, 1.807) is 6.07 Å². The Morgan fingerprint density at radius 1 is 1.16 bits per heavy atom. The van der Waals surface area contributed by atoms with Crippen LogP contribution in [-0.2, 0) is 10.2 Å². The Labute approximate surface area is 151 Å². The van der Waals surface area contributed by atoms with Crippen LogP contribution in [0.25, 0.3) is 0 Å². The largest absolute Gasteiger partial charge is 0.484 e. The molecule has 2 N–H and O–H groups in total. The van der Waals surface area contributed by atoms with E-state index >= 15 is 0 Å². The molecule has 0 bridgehead atoms.